The number of rotatable bonds is 4. The summed E-state index contributed by atoms with van der Waals surface area (Å²) in [6.45, 7) is 0. The normalized spacial score (nSPS) is 9.57. The van der Waals surface area contributed by atoms with Crippen LogP contribution in [-0.4, -0.2) is 15.0 Å². The quantitative estimate of drug-likeness (QED) is 0.251. The van der Waals surface area contributed by atoms with Gasteiger partial charge < -0.3 is 9.84 Å². The van der Waals surface area contributed by atoms with Gasteiger partial charge in [-0.2, -0.15) is 0 Å². The maximum Gasteiger partial charge on any atom is 0.269 e. The van der Waals surface area contributed by atoms with Gasteiger partial charge >= 0.3 is 0 Å². The Hall–Kier alpha value is -4.93. The molecule has 0 aliphatic heterocycles. The zero-order valence-corrected chi connectivity index (χ0v) is 17.8. The summed E-state index contributed by atoms with van der Waals surface area (Å²) in [6, 6.07) is 20.5. The number of aromatic hydroxyl groups is 1. The van der Waals surface area contributed by atoms with E-state index >= 15 is 0 Å². The fourth-order valence-electron chi connectivity index (χ4n) is 2.28. The number of phenols is 1. The molecule has 0 aromatic heterocycles. The van der Waals surface area contributed by atoms with Crippen LogP contribution in [0.3, 0.4) is 0 Å². The van der Waals surface area contributed by atoms with Gasteiger partial charge in [0, 0.05) is 24.3 Å². The third kappa shape index (κ3) is 9.61. The van der Waals surface area contributed by atoms with Gasteiger partial charge in [-0.1, -0.05) is 0 Å². The number of non-ortho nitro benzene ring substituents is 2. The number of phenolic OH excluding ortho intramolecular Hbond substituents is 1. The standard InChI is InChI=1S/C12H8FNO3.C6H4FNO2.C6H5FO/c13-9-1-5-11(6-2-9)17-12-7-3-10(4-8-12)14(15)16;7-5-1-3-6(4-2-5)8(9)10;7-5-1-3-6(8)4-2-5/h1-8H;1-4H;1-4,8H. The molecule has 4 aromatic carbocycles. The molecule has 0 heterocycles. The molecule has 0 atom stereocenters. The van der Waals surface area contributed by atoms with Crippen LogP contribution in [0.1, 0.15) is 0 Å². The lowest BCUT2D eigenvalue weighted by Gasteiger charge is -2.04. The van der Waals surface area contributed by atoms with Crippen LogP contribution >= 0.6 is 0 Å². The summed E-state index contributed by atoms with van der Waals surface area (Å²) in [5.41, 5.74) is -0.0992. The molecule has 0 saturated heterocycles. The van der Waals surface area contributed by atoms with Crippen LogP contribution in [0.5, 0.6) is 17.2 Å². The van der Waals surface area contributed by atoms with Crippen molar-refractivity contribution in [2.75, 3.05) is 0 Å². The van der Waals surface area contributed by atoms with Gasteiger partial charge in [-0.3, -0.25) is 20.2 Å². The number of nitrogens with zero attached hydrogens (tertiary/aromatic N) is 2. The Morgan fingerprint density at radius 2 is 0.829 bits per heavy atom. The number of nitro benzene ring substituents is 2. The lowest BCUT2D eigenvalue weighted by molar-refractivity contribution is -0.385. The van der Waals surface area contributed by atoms with Crippen LogP contribution in [0.2, 0.25) is 0 Å². The molecule has 35 heavy (non-hydrogen) atoms. The highest BCUT2D eigenvalue weighted by atomic mass is 19.1. The maximum atomic E-state index is 12.6. The first-order valence-electron chi connectivity index (χ1n) is 9.66. The molecule has 0 aliphatic carbocycles. The minimum Gasteiger partial charge on any atom is -0.508 e. The Morgan fingerprint density at radius 1 is 0.543 bits per heavy atom. The number of benzene rings is 4. The molecule has 4 rings (SSSR count). The van der Waals surface area contributed by atoms with Gasteiger partial charge in [0.1, 0.15) is 34.7 Å². The Labute approximate surface area is 196 Å². The summed E-state index contributed by atoms with van der Waals surface area (Å²) >= 11 is 0. The fourth-order valence-corrected chi connectivity index (χ4v) is 2.28. The zero-order chi connectivity index (χ0) is 25.8. The van der Waals surface area contributed by atoms with Crippen molar-refractivity contribution in [1.29, 1.82) is 0 Å². The predicted octanol–water partition coefficient (Wildman–Crippen LogP) is 6.79. The third-order valence-electron chi connectivity index (χ3n) is 3.96. The van der Waals surface area contributed by atoms with E-state index in [2.05, 4.69) is 0 Å². The minimum absolute atomic E-state index is 0.00328. The van der Waals surface area contributed by atoms with Crippen molar-refractivity contribution in [3.8, 4) is 17.2 Å². The third-order valence-corrected chi connectivity index (χ3v) is 3.96. The van der Waals surface area contributed by atoms with Crippen LogP contribution < -0.4 is 4.74 Å². The van der Waals surface area contributed by atoms with Crippen molar-refractivity contribution in [2.45, 2.75) is 0 Å². The Balaban J connectivity index is 0.000000204. The van der Waals surface area contributed by atoms with Crippen molar-refractivity contribution in [1.82, 2.24) is 0 Å². The van der Waals surface area contributed by atoms with E-state index in [1.807, 2.05) is 0 Å². The first kappa shape index (κ1) is 26.3. The highest BCUT2D eigenvalue weighted by Gasteiger charge is 2.05. The van der Waals surface area contributed by atoms with Gasteiger partial charge in [-0.25, -0.2) is 13.2 Å². The van der Waals surface area contributed by atoms with Crippen molar-refractivity contribution < 1.29 is 32.9 Å². The second kappa shape index (κ2) is 12.9. The van der Waals surface area contributed by atoms with Crippen LogP contribution in [-0.2, 0) is 0 Å². The minimum atomic E-state index is -0.570. The number of nitro groups is 2. The van der Waals surface area contributed by atoms with E-state index in [0.717, 1.165) is 24.3 Å². The zero-order valence-electron chi connectivity index (χ0n) is 17.8. The van der Waals surface area contributed by atoms with Crippen LogP contribution in [0.15, 0.2) is 97.1 Å². The molecular formula is C24H17F3N2O6. The summed E-state index contributed by atoms with van der Waals surface area (Å²) in [5, 5.41) is 29.0. The highest BCUT2D eigenvalue weighted by molar-refractivity contribution is 5.38. The summed E-state index contributed by atoms with van der Waals surface area (Å²) in [6.07, 6.45) is 0. The van der Waals surface area contributed by atoms with E-state index in [4.69, 9.17) is 9.84 Å². The van der Waals surface area contributed by atoms with E-state index in [1.54, 1.807) is 0 Å². The van der Waals surface area contributed by atoms with Crippen molar-refractivity contribution >= 4 is 11.4 Å². The molecule has 0 amide bonds. The average molecular weight is 486 g/mol. The topological polar surface area (TPSA) is 116 Å². The second-order valence-electron chi connectivity index (χ2n) is 6.52. The highest BCUT2D eigenvalue weighted by Crippen LogP contribution is 2.23. The lowest BCUT2D eigenvalue weighted by Crippen LogP contribution is -1.88. The van der Waals surface area contributed by atoms with Crippen molar-refractivity contribution in [3.63, 3.8) is 0 Å². The van der Waals surface area contributed by atoms with Crippen LogP contribution in [0.4, 0.5) is 24.5 Å². The Morgan fingerprint density at radius 3 is 1.17 bits per heavy atom. The van der Waals surface area contributed by atoms with Gasteiger partial charge in [0.25, 0.3) is 11.4 Å². The summed E-state index contributed by atoms with van der Waals surface area (Å²) in [5.74, 6) is -0.122. The van der Waals surface area contributed by atoms with Gasteiger partial charge in [-0.05, 0) is 72.8 Å². The van der Waals surface area contributed by atoms with Gasteiger partial charge in [-0.15, -0.1) is 0 Å². The van der Waals surface area contributed by atoms with Gasteiger partial charge in [0.05, 0.1) is 9.85 Å². The average Bonchev–Trinajstić information content (AvgIpc) is 2.84. The van der Waals surface area contributed by atoms with Gasteiger partial charge in [0.15, 0.2) is 0 Å². The van der Waals surface area contributed by atoms with Gasteiger partial charge in [0.2, 0.25) is 0 Å². The Kier molecular flexibility index (Phi) is 9.73. The molecule has 0 unspecified atom stereocenters. The molecule has 8 nitrogen and oxygen atoms in total. The van der Waals surface area contributed by atoms with Crippen LogP contribution in [0.25, 0.3) is 0 Å². The van der Waals surface area contributed by atoms with E-state index in [1.165, 1.54) is 72.8 Å². The number of halogens is 3. The molecule has 1 N–H and O–H groups in total. The summed E-state index contributed by atoms with van der Waals surface area (Å²) in [7, 11) is 0. The number of hydrogen-bond donors (Lipinski definition) is 1. The molecule has 4 aromatic rings. The van der Waals surface area contributed by atoms with E-state index in [9.17, 15) is 33.4 Å². The molecule has 0 aliphatic rings. The van der Waals surface area contributed by atoms with Crippen LogP contribution in [0, 0.1) is 37.7 Å². The predicted molar refractivity (Wildman–Crippen MR) is 121 cm³/mol. The first-order valence-corrected chi connectivity index (χ1v) is 9.66. The van der Waals surface area contributed by atoms with E-state index in [-0.39, 0.29) is 28.8 Å². The molecule has 0 saturated carbocycles. The molecule has 0 radical (unpaired) electrons. The number of ether oxygens (including phenoxy) is 1. The molecule has 11 heteroatoms. The van der Waals surface area contributed by atoms with E-state index in [0.29, 0.717) is 11.5 Å². The summed E-state index contributed by atoms with van der Waals surface area (Å²) < 4.78 is 42.1. The molecule has 0 fully saturated rings. The Bertz CT molecular complexity index is 1210. The second-order valence-corrected chi connectivity index (χ2v) is 6.52. The number of hydrogen-bond acceptors (Lipinski definition) is 6. The molecule has 180 valence electrons. The SMILES string of the molecule is O=[N+]([O-])c1ccc(F)cc1.O=[N+]([O-])c1ccc(Oc2ccc(F)cc2)cc1.Oc1ccc(F)cc1. The first-order chi connectivity index (χ1) is 16.6. The summed E-state index contributed by atoms with van der Waals surface area (Å²) in [4.78, 5) is 19.4. The maximum absolute atomic E-state index is 12.6. The smallest absolute Gasteiger partial charge is 0.269 e. The molecule has 0 spiro atoms. The molecule has 0 bridgehead atoms. The van der Waals surface area contributed by atoms with Crippen molar-refractivity contribution in [3.05, 3.63) is 135 Å². The van der Waals surface area contributed by atoms with E-state index < -0.39 is 15.7 Å². The lowest BCUT2D eigenvalue weighted by atomic mass is 10.3. The van der Waals surface area contributed by atoms with Crippen molar-refractivity contribution in [2.24, 2.45) is 0 Å². The monoisotopic (exact) mass is 486 g/mol. The largest absolute Gasteiger partial charge is 0.508 e. The fraction of sp³-hybridized carbons (Fsp3) is 0. The molecular weight excluding hydrogens is 469 g/mol.